The summed E-state index contributed by atoms with van der Waals surface area (Å²) in [6.45, 7) is 3.42. The molecule has 3 rings (SSSR count). The third-order valence-electron chi connectivity index (χ3n) is 4.72. The van der Waals surface area contributed by atoms with E-state index >= 15 is 0 Å². The number of ether oxygens (including phenoxy) is 1. The molecule has 0 unspecified atom stereocenters. The van der Waals surface area contributed by atoms with Gasteiger partial charge in [-0.25, -0.2) is 0 Å². The number of benzene rings is 2. The molecule has 1 amide bonds. The molecule has 0 N–H and O–H groups in total. The molecule has 27 heavy (non-hydrogen) atoms. The van der Waals surface area contributed by atoms with Crippen molar-refractivity contribution in [1.29, 1.82) is 5.26 Å². The summed E-state index contributed by atoms with van der Waals surface area (Å²) in [5.41, 5.74) is 2.98. The Kier molecular flexibility index (Phi) is 6.23. The minimum Gasteiger partial charge on any atom is -0.379 e. The normalized spacial score (nSPS) is 17.4. The van der Waals surface area contributed by atoms with Gasteiger partial charge in [0, 0.05) is 31.1 Å². The van der Waals surface area contributed by atoms with Crippen molar-refractivity contribution >= 4 is 5.91 Å². The first-order valence-electron chi connectivity index (χ1n) is 9.20. The number of rotatable bonds is 4. The second-order valence-electron chi connectivity index (χ2n) is 7.19. The van der Waals surface area contributed by atoms with Crippen LogP contribution in [0.5, 0.6) is 0 Å². The molecule has 1 atom stereocenters. The second kappa shape index (κ2) is 8.81. The number of nitriles is 1. The van der Waals surface area contributed by atoms with Crippen molar-refractivity contribution in [2.75, 3.05) is 46.9 Å². The van der Waals surface area contributed by atoms with Gasteiger partial charge in [0.25, 0.3) is 5.91 Å². The van der Waals surface area contributed by atoms with Gasteiger partial charge in [0.15, 0.2) is 0 Å². The largest absolute Gasteiger partial charge is 0.379 e. The SMILES string of the molecule is CN(C)C[C@H]1COCCN(C(=O)c2cccc(-c3ccccc3C#N)c2)C1. The Morgan fingerprint density at radius 1 is 1.26 bits per heavy atom. The van der Waals surface area contributed by atoms with Crippen LogP contribution in [-0.2, 0) is 4.74 Å². The van der Waals surface area contributed by atoms with Gasteiger partial charge in [0.2, 0.25) is 0 Å². The van der Waals surface area contributed by atoms with Crippen molar-refractivity contribution < 1.29 is 9.53 Å². The van der Waals surface area contributed by atoms with E-state index in [4.69, 9.17) is 4.74 Å². The lowest BCUT2D eigenvalue weighted by Gasteiger charge is -2.25. The summed E-state index contributed by atoms with van der Waals surface area (Å²) in [5.74, 6) is 0.314. The van der Waals surface area contributed by atoms with Crippen LogP contribution in [0.25, 0.3) is 11.1 Å². The summed E-state index contributed by atoms with van der Waals surface area (Å²) in [6.07, 6.45) is 0. The van der Waals surface area contributed by atoms with Crippen LogP contribution in [0.15, 0.2) is 48.5 Å². The number of hydrogen-bond acceptors (Lipinski definition) is 4. The van der Waals surface area contributed by atoms with Crippen LogP contribution in [0, 0.1) is 17.2 Å². The average molecular weight is 363 g/mol. The Hall–Kier alpha value is -2.68. The summed E-state index contributed by atoms with van der Waals surface area (Å²) < 4.78 is 5.69. The molecule has 0 saturated carbocycles. The van der Waals surface area contributed by atoms with Crippen molar-refractivity contribution in [1.82, 2.24) is 9.80 Å². The predicted molar refractivity (Wildman–Crippen MR) is 105 cm³/mol. The van der Waals surface area contributed by atoms with Crippen molar-refractivity contribution in [3.8, 4) is 17.2 Å². The molecule has 1 saturated heterocycles. The monoisotopic (exact) mass is 363 g/mol. The molecule has 0 aromatic heterocycles. The van der Waals surface area contributed by atoms with Gasteiger partial charge >= 0.3 is 0 Å². The summed E-state index contributed by atoms with van der Waals surface area (Å²) in [5, 5.41) is 9.35. The van der Waals surface area contributed by atoms with Crippen LogP contribution in [0.2, 0.25) is 0 Å². The van der Waals surface area contributed by atoms with E-state index in [0.29, 0.717) is 43.3 Å². The fourth-order valence-electron chi connectivity index (χ4n) is 3.53. The lowest BCUT2D eigenvalue weighted by atomic mass is 9.98. The molecule has 140 valence electrons. The first kappa shape index (κ1) is 19.1. The fraction of sp³-hybridized carbons (Fsp3) is 0.364. The van der Waals surface area contributed by atoms with E-state index < -0.39 is 0 Å². The molecule has 0 bridgehead atoms. The molecule has 2 aromatic carbocycles. The third-order valence-corrected chi connectivity index (χ3v) is 4.72. The highest BCUT2D eigenvalue weighted by Gasteiger charge is 2.24. The third kappa shape index (κ3) is 4.73. The van der Waals surface area contributed by atoms with Gasteiger partial charge < -0.3 is 14.5 Å². The standard InChI is InChI=1S/C22H25N3O2/c1-24(2)14-17-15-25(10-11-27-16-17)22(26)19-8-5-7-18(12-19)21-9-4-3-6-20(21)13-23/h3-9,12,17H,10-11,14-16H2,1-2H3/t17-/m1/s1. The number of nitrogens with zero attached hydrogens (tertiary/aromatic N) is 3. The zero-order valence-electron chi connectivity index (χ0n) is 15.9. The molecule has 5 heteroatoms. The maximum Gasteiger partial charge on any atom is 0.253 e. The molecular formula is C22H25N3O2. The van der Waals surface area contributed by atoms with E-state index in [1.807, 2.05) is 61.5 Å². The topological polar surface area (TPSA) is 56.6 Å². The lowest BCUT2D eigenvalue weighted by Crippen LogP contribution is -2.38. The Balaban J connectivity index is 1.84. The quantitative estimate of drug-likeness (QED) is 0.838. The first-order chi connectivity index (χ1) is 13.1. The number of amides is 1. The van der Waals surface area contributed by atoms with Crippen LogP contribution in [0.1, 0.15) is 15.9 Å². The molecule has 0 spiro atoms. The van der Waals surface area contributed by atoms with Gasteiger partial charge in [0.1, 0.15) is 0 Å². The second-order valence-corrected chi connectivity index (χ2v) is 7.19. The van der Waals surface area contributed by atoms with Gasteiger partial charge in [-0.05, 0) is 43.4 Å². The van der Waals surface area contributed by atoms with Crippen molar-refractivity contribution in [3.63, 3.8) is 0 Å². The first-order valence-corrected chi connectivity index (χ1v) is 9.20. The van der Waals surface area contributed by atoms with E-state index in [9.17, 15) is 10.1 Å². The van der Waals surface area contributed by atoms with Gasteiger partial charge in [-0.1, -0.05) is 30.3 Å². The number of carbonyl (C=O) groups excluding carboxylic acids is 1. The average Bonchev–Trinajstić information content (AvgIpc) is 2.92. The molecule has 0 radical (unpaired) electrons. The van der Waals surface area contributed by atoms with Crippen LogP contribution >= 0.6 is 0 Å². The van der Waals surface area contributed by atoms with E-state index in [2.05, 4.69) is 11.0 Å². The van der Waals surface area contributed by atoms with E-state index in [-0.39, 0.29) is 5.91 Å². The van der Waals surface area contributed by atoms with Gasteiger partial charge in [-0.2, -0.15) is 5.26 Å². The van der Waals surface area contributed by atoms with E-state index in [1.165, 1.54) is 0 Å². The van der Waals surface area contributed by atoms with Crippen LogP contribution < -0.4 is 0 Å². The van der Waals surface area contributed by atoms with E-state index in [0.717, 1.165) is 17.7 Å². The minimum absolute atomic E-state index is 0.0144. The smallest absolute Gasteiger partial charge is 0.253 e. The summed E-state index contributed by atoms with van der Waals surface area (Å²) in [6, 6.07) is 17.2. The molecule has 5 nitrogen and oxygen atoms in total. The zero-order chi connectivity index (χ0) is 19.2. The molecule has 2 aromatic rings. The molecule has 1 aliphatic heterocycles. The maximum atomic E-state index is 13.1. The Morgan fingerprint density at radius 3 is 2.85 bits per heavy atom. The summed E-state index contributed by atoms with van der Waals surface area (Å²) >= 11 is 0. The van der Waals surface area contributed by atoms with Gasteiger partial charge in [-0.15, -0.1) is 0 Å². The highest BCUT2D eigenvalue weighted by molar-refractivity contribution is 5.95. The van der Waals surface area contributed by atoms with Crippen LogP contribution in [0.4, 0.5) is 0 Å². The van der Waals surface area contributed by atoms with Crippen molar-refractivity contribution in [2.45, 2.75) is 0 Å². The molecular weight excluding hydrogens is 338 g/mol. The Morgan fingerprint density at radius 2 is 2.07 bits per heavy atom. The Bertz CT molecular complexity index is 841. The van der Waals surface area contributed by atoms with Gasteiger partial charge in [-0.3, -0.25) is 4.79 Å². The lowest BCUT2D eigenvalue weighted by molar-refractivity contribution is 0.0735. The number of carbonyl (C=O) groups is 1. The summed E-state index contributed by atoms with van der Waals surface area (Å²) in [4.78, 5) is 17.1. The Labute approximate surface area is 160 Å². The zero-order valence-corrected chi connectivity index (χ0v) is 15.9. The van der Waals surface area contributed by atoms with Crippen LogP contribution in [0.3, 0.4) is 0 Å². The highest BCUT2D eigenvalue weighted by Crippen LogP contribution is 2.25. The van der Waals surface area contributed by atoms with Crippen molar-refractivity contribution in [3.05, 3.63) is 59.7 Å². The molecule has 1 heterocycles. The van der Waals surface area contributed by atoms with Crippen LogP contribution in [-0.4, -0.2) is 62.7 Å². The highest BCUT2D eigenvalue weighted by atomic mass is 16.5. The van der Waals surface area contributed by atoms with Crippen molar-refractivity contribution in [2.24, 2.45) is 5.92 Å². The summed E-state index contributed by atoms with van der Waals surface area (Å²) in [7, 11) is 4.07. The molecule has 1 aliphatic rings. The maximum absolute atomic E-state index is 13.1. The molecule has 1 fully saturated rings. The predicted octanol–water partition coefficient (Wildman–Crippen LogP) is 2.88. The van der Waals surface area contributed by atoms with E-state index in [1.54, 1.807) is 6.07 Å². The fourth-order valence-corrected chi connectivity index (χ4v) is 3.53. The molecule has 0 aliphatic carbocycles. The minimum atomic E-state index is 0.0144. The number of hydrogen-bond donors (Lipinski definition) is 0. The van der Waals surface area contributed by atoms with Gasteiger partial charge in [0.05, 0.1) is 24.8 Å².